The number of hydrogen-bond acceptors (Lipinski definition) is 3. The number of carbonyl (C=O) groups is 2. The van der Waals surface area contributed by atoms with E-state index in [4.69, 9.17) is 4.74 Å². The van der Waals surface area contributed by atoms with Crippen LogP contribution in [0.15, 0.2) is 24.3 Å². The van der Waals surface area contributed by atoms with Crippen LogP contribution in [0.1, 0.15) is 38.7 Å². The second kappa shape index (κ2) is 7.29. The van der Waals surface area contributed by atoms with Crippen molar-refractivity contribution in [1.82, 2.24) is 10.2 Å². The van der Waals surface area contributed by atoms with Gasteiger partial charge in [-0.3, -0.25) is 9.59 Å². The Bertz CT molecular complexity index is 538. The van der Waals surface area contributed by atoms with Gasteiger partial charge in [0.15, 0.2) is 0 Å². The molecule has 0 heterocycles. The van der Waals surface area contributed by atoms with E-state index in [0.717, 1.165) is 11.3 Å². The Morgan fingerprint density at radius 1 is 1.32 bits per heavy atom. The molecule has 22 heavy (non-hydrogen) atoms. The molecule has 0 unspecified atom stereocenters. The van der Waals surface area contributed by atoms with Gasteiger partial charge in [-0.1, -0.05) is 19.1 Å². The van der Waals surface area contributed by atoms with Crippen molar-refractivity contribution < 1.29 is 14.3 Å². The minimum Gasteiger partial charge on any atom is -0.497 e. The highest BCUT2D eigenvalue weighted by atomic mass is 16.5. The molecule has 0 aliphatic heterocycles. The number of nitrogens with one attached hydrogen (secondary N) is 1. The van der Waals surface area contributed by atoms with Crippen molar-refractivity contribution in [2.24, 2.45) is 0 Å². The van der Waals surface area contributed by atoms with Crippen molar-refractivity contribution in [3.63, 3.8) is 0 Å². The number of likely N-dealkylation sites (N-methyl/N-ethyl adjacent to an activating group) is 1. The summed E-state index contributed by atoms with van der Waals surface area (Å²) in [5.41, 5.74) is 0.126. The maximum absolute atomic E-state index is 12.2. The number of rotatable bonds is 6. The Balaban J connectivity index is 2.70. The summed E-state index contributed by atoms with van der Waals surface area (Å²) in [7, 11) is 4.97. The third-order valence-corrected chi connectivity index (χ3v) is 3.55. The number of nitrogens with zero attached hydrogens (tertiary/aromatic N) is 1. The Hall–Kier alpha value is -2.04. The van der Waals surface area contributed by atoms with Crippen LogP contribution < -0.4 is 10.1 Å². The van der Waals surface area contributed by atoms with Crippen molar-refractivity contribution in [2.45, 2.75) is 38.6 Å². The van der Waals surface area contributed by atoms with E-state index in [0.29, 0.717) is 6.42 Å². The average molecular weight is 306 g/mol. The van der Waals surface area contributed by atoms with E-state index in [1.54, 1.807) is 35.1 Å². The Kier molecular flexibility index (Phi) is 5.97. The van der Waals surface area contributed by atoms with Crippen LogP contribution in [-0.2, 0) is 9.59 Å². The maximum atomic E-state index is 12.2. The zero-order valence-corrected chi connectivity index (χ0v) is 14.3. The standard InChI is InChI=1S/C17H26N2O3/c1-12(13-8-7-9-14(11-13)22-6)10-15(20)18-17(2,3)16(21)19(4)5/h7-9,11-12H,10H2,1-6H3,(H,18,20)/t12-/m0/s1. The van der Waals surface area contributed by atoms with Gasteiger partial charge < -0.3 is 15.0 Å². The molecule has 0 aromatic heterocycles. The number of hydrogen-bond donors (Lipinski definition) is 1. The molecule has 1 rings (SSSR count). The third kappa shape index (κ3) is 4.76. The molecule has 5 heteroatoms. The third-order valence-electron chi connectivity index (χ3n) is 3.55. The predicted molar refractivity (Wildman–Crippen MR) is 86.9 cm³/mol. The fourth-order valence-corrected chi connectivity index (χ4v) is 2.36. The summed E-state index contributed by atoms with van der Waals surface area (Å²) in [4.78, 5) is 25.7. The lowest BCUT2D eigenvalue weighted by Gasteiger charge is -2.28. The quantitative estimate of drug-likeness (QED) is 0.876. The first-order valence-corrected chi connectivity index (χ1v) is 7.34. The van der Waals surface area contributed by atoms with Crippen molar-refractivity contribution >= 4 is 11.8 Å². The molecule has 0 saturated heterocycles. The molecular formula is C17H26N2O3. The van der Waals surface area contributed by atoms with Crippen LogP contribution >= 0.6 is 0 Å². The molecule has 1 aromatic carbocycles. The topological polar surface area (TPSA) is 58.6 Å². The highest BCUT2D eigenvalue weighted by molar-refractivity contribution is 5.90. The van der Waals surface area contributed by atoms with Crippen LogP contribution in [0.25, 0.3) is 0 Å². The minimum atomic E-state index is -0.908. The molecule has 1 aromatic rings. The highest BCUT2D eigenvalue weighted by Crippen LogP contribution is 2.23. The Labute approximate surface area is 132 Å². The van der Waals surface area contributed by atoms with Gasteiger partial charge in [0.2, 0.25) is 11.8 Å². The second-order valence-electron chi connectivity index (χ2n) is 6.25. The minimum absolute atomic E-state index is 0.0420. The first kappa shape index (κ1) is 18.0. The number of carbonyl (C=O) groups excluding carboxylic acids is 2. The van der Waals surface area contributed by atoms with E-state index in [1.807, 2.05) is 31.2 Å². The van der Waals surface area contributed by atoms with Crippen LogP contribution in [0.3, 0.4) is 0 Å². The molecule has 0 saturated carbocycles. The van der Waals surface area contributed by atoms with Crippen LogP contribution in [-0.4, -0.2) is 43.5 Å². The molecule has 5 nitrogen and oxygen atoms in total. The zero-order valence-electron chi connectivity index (χ0n) is 14.3. The van der Waals surface area contributed by atoms with Gasteiger partial charge >= 0.3 is 0 Å². The summed E-state index contributed by atoms with van der Waals surface area (Å²) < 4.78 is 5.20. The molecule has 0 aliphatic rings. The molecule has 0 fully saturated rings. The summed E-state index contributed by atoms with van der Waals surface area (Å²) in [6.07, 6.45) is 0.317. The van der Waals surface area contributed by atoms with Gasteiger partial charge in [0.25, 0.3) is 0 Å². The average Bonchev–Trinajstić information content (AvgIpc) is 2.45. The molecule has 1 N–H and O–H groups in total. The smallest absolute Gasteiger partial charge is 0.247 e. The van der Waals surface area contributed by atoms with E-state index >= 15 is 0 Å². The van der Waals surface area contributed by atoms with Crippen molar-refractivity contribution in [3.8, 4) is 5.75 Å². The first-order chi connectivity index (χ1) is 10.2. The van der Waals surface area contributed by atoms with Crippen molar-refractivity contribution in [1.29, 1.82) is 0 Å². The lowest BCUT2D eigenvalue weighted by Crippen LogP contribution is -2.54. The van der Waals surface area contributed by atoms with Gasteiger partial charge in [0, 0.05) is 20.5 Å². The van der Waals surface area contributed by atoms with Gasteiger partial charge in [-0.15, -0.1) is 0 Å². The van der Waals surface area contributed by atoms with Gasteiger partial charge in [0.1, 0.15) is 11.3 Å². The number of methoxy groups -OCH3 is 1. The highest BCUT2D eigenvalue weighted by Gasteiger charge is 2.31. The molecule has 2 amide bonds. The summed E-state index contributed by atoms with van der Waals surface area (Å²) in [5.74, 6) is 0.540. The number of amides is 2. The fraction of sp³-hybridized carbons (Fsp3) is 0.529. The predicted octanol–water partition coefficient (Wildman–Crippen LogP) is 2.17. The van der Waals surface area contributed by atoms with Crippen molar-refractivity contribution in [3.05, 3.63) is 29.8 Å². The monoisotopic (exact) mass is 306 g/mol. The largest absolute Gasteiger partial charge is 0.497 e. The van der Waals surface area contributed by atoms with Gasteiger partial charge in [-0.05, 0) is 37.5 Å². The van der Waals surface area contributed by atoms with Crippen LogP contribution in [0.2, 0.25) is 0 Å². The van der Waals surface area contributed by atoms with E-state index < -0.39 is 5.54 Å². The van der Waals surface area contributed by atoms with Crippen LogP contribution in [0.4, 0.5) is 0 Å². The van der Waals surface area contributed by atoms with Crippen LogP contribution in [0, 0.1) is 0 Å². The number of ether oxygens (including phenoxy) is 1. The Morgan fingerprint density at radius 2 is 1.95 bits per heavy atom. The van der Waals surface area contributed by atoms with Gasteiger partial charge in [-0.25, -0.2) is 0 Å². The van der Waals surface area contributed by atoms with Crippen LogP contribution in [0.5, 0.6) is 5.75 Å². The lowest BCUT2D eigenvalue weighted by molar-refractivity contribution is -0.138. The number of benzene rings is 1. The Morgan fingerprint density at radius 3 is 2.50 bits per heavy atom. The molecule has 0 spiro atoms. The van der Waals surface area contributed by atoms with Gasteiger partial charge in [0.05, 0.1) is 7.11 Å². The molecule has 1 atom stereocenters. The maximum Gasteiger partial charge on any atom is 0.247 e. The van der Waals surface area contributed by atoms with E-state index in [9.17, 15) is 9.59 Å². The summed E-state index contributed by atoms with van der Waals surface area (Å²) in [6, 6.07) is 7.67. The van der Waals surface area contributed by atoms with Crippen molar-refractivity contribution in [2.75, 3.05) is 21.2 Å². The van der Waals surface area contributed by atoms with E-state index in [-0.39, 0.29) is 17.7 Å². The van der Waals surface area contributed by atoms with Gasteiger partial charge in [-0.2, -0.15) is 0 Å². The fourth-order valence-electron chi connectivity index (χ4n) is 2.36. The summed E-state index contributed by atoms with van der Waals surface area (Å²) in [5, 5.41) is 2.81. The molecule has 0 bridgehead atoms. The molecule has 122 valence electrons. The summed E-state index contributed by atoms with van der Waals surface area (Å²) in [6.45, 7) is 5.40. The first-order valence-electron chi connectivity index (χ1n) is 7.34. The summed E-state index contributed by atoms with van der Waals surface area (Å²) >= 11 is 0. The molecule has 0 aliphatic carbocycles. The molecule has 0 radical (unpaired) electrons. The zero-order chi connectivity index (χ0) is 16.9. The lowest BCUT2D eigenvalue weighted by atomic mass is 9.96. The van der Waals surface area contributed by atoms with E-state index in [2.05, 4.69) is 5.32 Å². The van der Waals surface area contributed by atoms with E-state index in [1.165, 1.54) is 4.90 Å². The normalized spacial score (nSPS) is 12.5. The second-order valence-corrected chi connectivity index (χ2v) is 6.25. The molecular weight excluding hydrogens is 280 g/mol. The SMILES string of the molecule is COc1cccc([C@@H](C)CC(=O)NC(C)(C)C(=O)N(C)C)c1.